The molecular weight excluding hydrogens is 292 g/mol. The maximum absolute atomic E-state index is 12.3. The molecule has 110 valence electrons. The molecule has 0 bridgehead atoms. The lowest BCUT2D eigenvalue weighted by molar-refractivity contribution is 0.102. The molecule has 0 saturated heterocycles. The maximum Gasteiger partial charge on any atom is 0.257 e. The molecule has 0 heterocycles. The summed E-state index contributed by atoms with van der Waals surface area (Å²) >= 11 is 6.04. The first-order valence-electron chi connectivity index (χ1n) is 6.14. The van der Waals surface area contributed by atoms with Crippen LogP contribution in [0.1, 0.15) is 10.4 Å². The summed E-state index contributed by atoms with van der Waals surface area (Å²) in [4.78, 5) is 12.3. The van der Waals surface area contributed by atoms with E-state index >= 15 is 0 Å². The van der Waals surface area contributed by atoms with Crippen LogP contribution in [-0.4, -0.2) is 20.1 Å². The number of carbonyl (C=O) groups is 1. The molecular formula is C15H15ClN2O3. The average Bonchev–Trinajstić information content (AvgIpc) is 2.49. The number of hydrogen-bond donors (Lipinski definition) is 2. The van der Waals surface area contributed by atoms with Gasteiger partial charge in [0.1, 0.15) is 11.5 Å². The number of methoxy groups -OCH3 is 2. The lowest BCUT2D eigenvalue weighted by Gasteiger charge is -2.12. The fraction of sp³-hybridized carbons (Fsp3) is 0.133. The van der Waals surface area contributed by atoms with Gasteiger partial charge in [-0.2, -0.15) is 0 Å². The standard InChI is InChI=1S/C15H15ClN2O3/c1-20-9-6-7-13(21-2)12(8-9)18-15(19)10-4-3-5-11(17)14(10)16/h3-8H,17H2,1-2H3,(H,18,19). The summed E-state index contributed by atoms with van der Waals surface area (Å²) in [6.07, 6.45) is 0. The number of benzene rings is 2. The number of nitrogen functional groups attached to an aromatic ring is 1. The summed E-state index contributed by atoms with van der Waals surface area (Å²) in [7, 11) is 3.06. The highest BCUT2D eigenvalue weighted by atomic mass is 35.5. The van der Waals surface area contributed by atoms with Crippen LogP contribution >= 0.6 is 11.6 Å². The molecule has 0 aliphatic heterocycles. The van der Waals surface area contributed by atoms with Crippen molar-refractivity contribution in [2.45, 2.75) is 0 Å². The minimum Gasteiger partial charge on any atom is -0.497 e. The van der Waals surface area contributed by atoms with Crippen molar-refractivity contribution in [3.05, 3.63) is 47.0 Å². The Hall–Kier alpha value is -2.40. The SMILES string of the molecule is COc1ccc(OC)c(NC(=O)c2cccc(N)c2Cl)c1. The fourth-order valence-electron chi connectivity index (χ4n) is 1.83. The summed E-state index contributed by atoms with van der Waals surface area (Å²) in [5, 5.41) is 2.96. The van der Waals surface area contributed by atoms with Gasteiger partial charge in [0.25, 0.3) is 5.91 Å². The maximum atomic E-state index is 12.3. The molecule has 1 amide bonds. The van der Waals surface area contributed by atoms with Crippen LogP contribution < -0.4 is 20.5 Å². The Morgan fingerprint density at radius 1 is 1.19 bits per heavy atom. The summed E-state index contributed by atoms with van der Waals surface area (Å²) in [5.74, 6) is 0.743. The zero-order valence-electron chi connectivity index (χ0n) is 11.6. The van der Waals surface area contributed by atoms with Crippen LogP contribution in [0, 0.1) is 0 Å². The third kappa shape index (κ3) is 3.20. The highest BCUT2D eigenvalue weighted by Gasteiger charge is 2.15. The van der Waals surface area contributed by atoms with Gasteiger partial charge in [0, 0.05) is 6.07 Å². The second-order valence-corrected chi connectivity index (χ2v) is 4.61. The van der Waals surface area contributed by atoms with E-state index in [1.54, 1.807) is 43.5 Å². The van der Waals surface area contributed by atoms with Gasteiger partial charge in [0.2, 0.25) is 0 Å². The highest BCUT2D eigenvalue weighted by Crippen LogP contribution is 2.30. The van der Waals surface area contributed by atoms with E-state index in [0.29, 0.717) is 28.4 Å². The van der Waals surface area contributed by atoms with Gasteiger partial charge in [-0.1, -0.05) is 17.7 Å². The minimum atomic E-state index is -0.376. The number of rotatable bonds is 4. The van der Waals surface area contributed by atoms with Crippen LogP contribution in [0.3, 0.4) is 0 Å². The van der Waals surface area contributed by atoms with E-state index in [2.05, 4.69) is 5.32 Å². The van der Waals surface area contributed by atoms with Gasteiger partial charge in [0.15, 0.2) is 0 Å². The topological polar surface area (TPSA) is 73.6 Å². The van der Waals surface area contributed by atoms with Crippen molar-refractivity contribution >= 4 is 28.9 Å². The Bertz CT molecular complexity index is 674. The number of nitrogens with one attached hydrogen (secondary N) is 1. The minimum absolute atomic E-state index is 0.219. The summed E-state index contributed by atoms with van der Waals surface area (Å²) in [6.45, 7) is 0. The number of nitrogens with two attached hydrogens (primary N) is 1. The Morgan fingerprint density at radius 3 is 2.62 bits per heavy atom. The normalized spacial score (nSPS) is 10.0. The van der Waals surface area contributed by atoms with E-state index in [1.807, 2.05) is 0 Å². The molecule has 0 aliphatic rings. The Balaban J connectivity index is 2.33. The molecule has 0 radical (unpaired) electrons. The van der Waals surface area contributed by atoms with Crippen molar-refractivity contribution in [3.63, 3.8) is 0 Å². The summed E-state index contributed by atoms with van der Waals surface area (Å²) < 4.78 is 10.3. The van der Waals surface area contributed by atoms with Gasteiger partial charge >= 0.3 is 0 Å². The van der Waals surface area contributed by atoms with Crippen molar-refractivity contribution in [1.82, 2.24) is 0 Å². The number of ether oxygens (including phenoxy) is 2. The molecule has 0 atom stereocenters. The van der Waals surface area contributed by atoms with Gasteiger partial charge in [-0.3, -0.25) is 4.79 Å². The Morgan fingerprint density at radius 2 is 1.95 bits per heavy atom. The van der Waals surface area contributed by atoms with E-state index in [4.69, 9.17) is 26.8 Å². The molecule has 0 aromatic heterocycles. The zero-order valence-corrected chi connectivity index (χ0v) is 12.4. The molecule has 5 nitrogen and oxygen atoms in total. The molecule has 6 heteroatoms. The predicted molar refractivity (Wildman–Crippen MR) is 83.4 cm³/mol. The number of amides is 1. The van der Waals surface area contributed by atoms with Gasteiger partial charge < -0.3 is 20.5 Å². The molecule has 3 N–H and O–H groups in total. The molecule has 0 aliphatic carbocycles. The predicted octanol–water partition coefficient (Wildman–Crippen LogP) is 3.19. The van der Waals surface area contributed by atoms with Crippen molar-refractivity contribution in [2.24, 2.45) is 0 Å². The zero-order chi connectivity index (χ0) is 15.4. The smallest absolute Gasteiger partial charge is 0.257 e. The number of carbonyl (C=O) groups excluding carboxylic acids is 1. The van der Waals surface area contributed by atoms with Crippen molar-refractivity contribution < 1.29 is 14.3 Å². The van der Waals surface area contributed by atoms with Gasteiger partial charge in [-0.05, 0) is 24.3 Å². The van der Waals surface area contributed by atoms with E-state index in [0.717, 1.165) is 0 Å². The second-order valence-electron chi connectivity index (χ2n) is 4.23. The first kappa shape index (κ1) is 15.0. The fourth-order valence-corrected chi connectivity index (χ4v) is 2.04. The molecule has 2 aromatic carbocycles. The Labute approximate surface area is 127 Å². The van der Waals surface area contributed by atoms with Gasteiger partial charge in [-0.25, -0.2) is 0 Å². The van der Waals surface area contributed by atoms with E-state index in [9.17, 15) is 4.79 Å². The third-order valence-electron chi connectivity index (χ3n) is 2.93. The molecule has 2 rings (SSSR count). The van der Waals surface area contributed by atoms with Crippen molar-refractivity contribution in [1.29, 1.82) is 0 Å². The molecule has 21 heavy (non-hydrogen) atoms. The lowest BCUT2D eigenvalue weighted by atomic mass is 10.1. The van der Waals surface area contributed by atoms with Crippen LogP contribution in [0.2, 0.25) is 5.02 Å². The number of hydrogen-bond acceptors (Lipinski definition) is 4. The highest BCUT2D eigenvalue weighted by molar-refractivity contribution is 6.36. The van der Waals surface area contributed by atoms with Crippen LogP contribution in [0.4, 0.5) is 11.4 Å². The van der Waals surface area contributed by atoms with Crippen LogP contribution in [0.15, 0.2) is 36.4 Å². The van der Waals surface area contributed by atoms with E-state index in [1.165, 1.54) is 7.11 Å². The second kappa shape index (κ2) is 6.37. The summed E-state index contributed by atoms with van der Waals surface area (Å²) in [5.41, 5.74) is 6.83. The third-order valence-corrected chi connectivity index (χ3v) is 3.35. The largest absolute Gasteiger partial charge is 0.497 e. The number of halogens is 1. The van der Waals surface area contributed by atoms with Gasteiger partial charge in [-0.15, -0.1) is 0 Å². The van der Waals surface area contributed by atoms with Crippen LogP contribution in [0.25, 0.3) is 0 Å². The van der Waals surface area contributed by atoms with Crippen LogP contribution in [0.5, 0.6) is 11.5 Å². The first-order chi connectivity index (χ1) is 10.1. The monoisotopic (exact) mass is 306 g/mol. The average molecular weight is 307 g/mol. The van der Waals surface area contributed by atoms with Crippen molar-refractivity contribution in [2.75, 3.05) is 25.3 Å². The van der Waals surface area contributed by atoms with E-state index < -0.39 is 0 Å². The molecule has 0 saturated carbocycles. The first-order valence-corrected chi connectivity index (χ1v) is 6.52. The molecule has 0 unspecified atom stereocenters. The quantitative estimate of drug-likeness (QED) is 0.851. The molecule has 0 fully saturated rings. The summed E-state index contributed by atoms with van der Waals surface area (Å²) in [6, 6.07) is 10.00. The van der Waals surface area contributed by atoms with Crippen LogP contribution in [-0.2, 0) is 0 Å². The molecule has 0 spiro atoms. The Kier molecular flexibility index (Phi) is 4.55. The number of anilines is 2. The van der Waals surface area contributed by atoms with E-state index in [-0.39, 0.29) is 10.9 Å². The molecule has 2 aromatic rings. The van der Waals surface area contributed by atoms with Gasteiger partial charge in [0.05, 0.1) is 36.2 Å². The lowest BCUT2D eigenvalue weighted by Crippen LogP contribution is -2.13. The van der Waals surface area contributed by atoms with Crippen molar-refractivity contribution in [3.8, 4) is 11.5 Å².